The Balaban J connectivity index is 2.50. The van der Waals surface area contributed by atoms with Gasteiger partial charge in [-0.2, -0.15) is 13.2 Å². The number of carbonyl (C=O) groups excluding carboxylic acids is 1. The molecule has 0 aliphatic heterocycles. The van der Waals surface area contributed by atoms with E-state index >= 15 is 0 Å². The van der Waals surface area contributed by atoms with E-state index in [1.165, 1.54) is 0 Å². The minimum atomic E-state index is -4.52. The standard InChI is InChI=1S/C11H14F3NO3/c1-10(2,3)18-9(16)15-6-7-4-5-8(17-7)11(12,13)14/h4-5H,6H2,1-3H3,(H,15,16). The Labute approximate surface area is 102 Å². The third-order valence-corrected chi connectivity index (χ3v) is 1.75. The van der Waals surface area contributed by atoms with E-state index in [0.29, 0.717) is 0 Å². The Kier molecular flexibility index (Phi) is 3.93. The number of hydrogen-bond acceptors (Lipinski definition) is 3. The molecular weight excluding hydrogens is 251 g/mol. The molecule has 0 aliphatic rings. The van der Waals surface area contributed by atoms with Crippen LogP contribution in [0.25, 0.3) is 0 Å². The number of carbonyl (C=O) groups is 1. The Morgan fingerprint density at radius 1 is 1.33 bits per heavy atom. The molecule has 0 bridgehead atoms. The molecule has 0 atom stereocenters. The number of furan rings is 1. The normalized spacial score (nSPS) is 12.3. The van der Waals surface area contributed by atoms with Crippen molar-refractivity contribution in [3.8, 4) is 0 Å². The van der Waals surface area contributed by atoms with Gasteiger partial charge in [-0.25, -0.2) is 4.79 Å². The van der Waals surface area contributed by atoms with Crippen molar-refractivity contribution in [1.82, 2.24) is 5.32 Å². The van der Waals surface area contributed by atoms with Gasteiger partial charge in [0.25, 0.3) is 0 Å². The number of alkyl halides is 3. The molecule has 0 fully saturated rings. The molecule has 0 aromatic carbocycles. The summed E-state index contributed by atoms with van der Waals surface area (Å²) in [7, 11) is 0. The van der Waals surface area contributed by atoms with Crippen LogP contribution >= 0.6 is 0 Å². The average molecular weight is 265 g/mol. The van der Waals surface area contributed by atoms with E-state index in [0.717, 1.165) is 12.1 Å². The quantitative estimate of drug-likeness (QED) is 0.892. The zero-order chi connectivity index (χ0) is 14.0. The second-order valence-corrected chi connectivity index (χ2v) is 4.62. The van der Waals surface area contributed by atoms with Gasteiger partial charge in [-0.1, -0.05) is 0 Å². The lowest BCUT2D eigenvalue weighted by atomic mass is 10.2. The second kappa shape index (κ2) is 4.91. The lowest BCUT2D eigenvalue weighted by Gasteiger charge is -2.19. The lowest BCUT2D eigenvalue weighted by molar-refractivity contribution is -0.153. The van der Waals surface area contributed by atoms with Crippen molar-refractivity contribution in [1.29, 1.82) is 0 Å². The first-order valence-corrected chi connectivity index (χ1v) is 5.21. The van der Waals surface area contributed by atoms with Gasteiger partial charge in [0.05, 0.1) is 6.54 Å². The molecule has 0 saturated heterocycles. The third-order valence-electron chi connectivity index (χ3n) is 1.75. The summed E-state index contributed by atoms with van der Waals surface area (Å²) in [6.07, 6.45) is -5.24. The largest absolute Gasteiger partial charge is 0.455 e. The monoisotopic (exact) mass is 265 g/mol. The van der Waals surface area contributed by atoms with Gasteiger partial charge in [-0.3, -0.25) is 0 Å². The average Bonchev–Trinajstić information content (AvgIpc) is 2.59. The molecule has 0 saturated carbocycles. The first kappa shape index (κ1) is 14.4. The van der Waals surface area contributed by atoms with E-state index in [2.05, 4.69) is 9.73 Å². The van der Waals surface area contributed by atoms with Crippen molar-refractivity contribution in [3.63, 3.8) is 0 Å². The summed E-state index contributed by atoms with van der Waals surface area (Å²) in [6, 6.07) is 1.96. The number of hydrogen-bond donors (Lipinski definition) is 1. The van der Waals surface area contributed by atoms with Gasteiger partial charge in [0.2, 0.25) is 5.76 Å². The zero-order valence-corrected chi connectivity index (χ0v) is 10.2. The number of nitrogens with one attached hydrogen (secondary N) is 1. The molecule has 0 radical (unpaired) electrons. The van der Waals surface area contributed by atoms with Gasteiger partial charge in [-0.05, 0) is 32.9 Å². The van der Waals surface area contributed by atoms with Gasteiger partial charge in [-0.15, -0.1) is 0 Å². The van der Waals surface area contributed by atoms with Gasteiger partial charge < -0.3 is 14.5 Å². The summed E-state index contributed by atoms with van der Waals surface area (Å²) in [5.74, 6) is -1.09. The summed E-state index contributed by atoms with van der Waals surface area (Å²) >= 11 is 0. The third kappa shape index (κ3) is 4.68. The van der Waals surface area contributed by atoms with Crippen LogP contribution in [0.1, 0.15) is 32.3 Å². The van der Waals surface area contributed by atoms with Gasteiger partial charge in [0.15, 0.2) is 0 Å². The molecule has 1 heterocycles. The van der Waals surface area contributed by atoms with Crippen molar-refractivity contribution in [2.45, 2.75) is 39.1 Å². The molecule has 1 aromatic rings. The summed E-state index contributed by atoms with van der Waals surface area (Å²) in [5.41, 5.74) is -0.662. The van der Waals surface area contributed by atoms with Gasteiger partial charge in [0, 0.05) is 0 Å². The summed E-state index contributed by atoms with van der Waals surface area (Å²) in [5, 5.41) is 2.30. The van der Waals surface area contributed by atoms with Crippen LogP contribution in [0.5, 0.6) is 0 Å². The van der Waals surface area contributed by atoms with Crippen LogP contribution in [0.2, 0.25) is 0 Å². The van der Waals surface area contributed by atoms with Crippen LogP contribution in [0.15, 0.2) is 16.5 Å². The van der Waals surface area contributed by atoms with E-state index in [1.54, 1.807) is 20.8 Å². The fourth-order valence-corrected chi connectivity index (χ4v) is 1.10. The predicted octanol–water partition coefficient (Wildman–Crippen LogP) is 3.32. The van der Waals surface area contributed by atoms with Gasteiger partial charge >= 0.3 is 12.3 Å². The number of rotatable bonds is 2. The summed E-state index contributed by atoms with van der Waals surface area (Å²) in [6.45, 7) is 4.88. The molecule has 0 unspecified atom stereocenters. The van der Waals surface area contributed by atoms with E-state index in [1.807, 2.05) is 0 Å². The predicted molar refractivity (Wildman–Crippen MR) is 56.8 cm³/mol. The van der Waals surface area contributed by atoms with Crippen LogP contribution < -0.4 is 5.32 Å². The lowest BCUT2D eigenvalue weighted by Crippen LogP contribution is -2.32. The Morgan fingerprint density at radius 2 is 1.94 bits per heavy atom. The SMILES string of the molecule is CC(C)(C)OC(=O)NCc1ccc(C(F)(F)F)o1. The summed E-state index contributed by atoms with van der Waals surface area (Å²) in [4.78, 5) is 11.2. The van der Waals surface area contributed by atoms with Gasteiger partial charge in [0.1, 0.15) is 11.4 Å². The van der Waals surface area contributed by atoms with Crippen molar-refractivity contribution < 1.29 is 27.1 Å². The first-order valence-electron chi connectivity index (χ1n) is 5.21. The van der Waals surface area contributed by atoms with E-state index in [9.17, 15) is 18.0 Å². The van der Waals surface area contributed by atoms with E-state index in [4.69, 9.17) is 4.74 Å². The second-order valence-electron chi connectivity index (χ2n) is 4.62. The zero-order valence-electron chi connectivity index (χ0n) is 10.2. The van der Waals surface area contributed by atoms with E-state index in [-0.39, 0.29) is 12.3 Å². The molecule has 1 amide bonds. The maximum atomic E-state index is 12.2. The molecule has 7 heteroatoms. The molecule has 18 heavy (non-hydrogen) atoms. The topological polar surface area (TPSA) is 51.5 Å². The molecule has 0 aliphatic carbocycles. The summed E-state index contributed by atoms with van der Waals surface area (Å²) < 4.78 is 46.1. The Bertz CT molecular complexity index is 418. The fourth-order valence-electron chi connectivity index (χ4n) is 1.10. The van der Waals surface area contributed by atoms with Crippen LogP contribution in [0.3, 0.4) is 0 Å². The Hall–Kier alpha value is -1.66. The molecule has 4 nitrogen and oxygen atoms in total. The molecule has 1 N–H and O–H groups in total. The molecule has 0 spiro atoms. The van der Waals surface area contributed by atoms with Crippen LogP contribution in [-0.2, 0) is 17.5 Å². The van der Waals surface area contributed by atoms with Crippen molar-refractivity contribution in [3.05, 3.63) is 23.7 Å². The highest BCUT2D eigenvalue weighted by molar-refractivity contribution is 5.67. The number of alkyl carbamates (subject to hydrolysis) is 1. The maximum absolute atomic E-state index is 12.2. The maximum Gasteiger partial charge on any atom is 0.449 e. The van der Waals surface area contributed by atoms with E-state index < -0.39 is 23.6 Å². The smallest absolute Gasteiger partial charge is 0.449 e. The van der Waals surface area contributed by atoms with Crippen molar-refractivity contribution in [2.24, 2.45) is 0 Å². The minimum absolute atomic E-state index is 0.00758. The number of ether oxygens (including phenoxy) is 1. The highest BCUT2D eigenvalue weighted by Crippen LogP contribution is 2.30. The first-order chi connectivity index (χ1) is 8.08. The highest BCUT2D eigenvalue weighted by atomic mass is 19.4. The highest BCUT2D eigenvalue weighted by Gasteiger charge is 2.34. The number of halogens is 3. The molecule has 1 rings (SSSR count). The number of amides is 1. The minimum Gasteiger partial charge on any atom is -0.455 e. The van der Waals surface area contributed by atoms with Crippen LogP contribution in [0.4, 0.5) is 18.0 Å². The fraction of sp³-hybridized carbons (Fsp3) is 0.545. The van der Waals surface area contributed by atoms with Crippen LogP contribution in [-0.4, -0.2) is 11.7 Å². The van der Waals surface area contributed by atoms with Crippen molar-refractivity contribution in [2.75, 3.05) is 0 Å². The Morgan fingerprint density at radius 3 is 2.39 bits per heavy atom. The molecular formula is C11H14F3NO3. The van der Waals surface area contributed by atoms with Crippen molar-refractivity contribution >= 4 is 6.09 Å². The molecule has 1 aromatic heterocycles. The molecule has 102 valence electrons. The van der Waals surface area contributed by atoms with Crippen LogP contribution in [0, 0.1) is 0 Å².